The summed E-state index contributed by atoms with van der Waals surface area (Å²) in [5.41, 5.74) is 8.25. The first-order valence-corrected chi connectivity index (χ1v) is 7.30. The van der Waals surface area contributed by atoms with Gasteiger partial charge in [0, 0.05) is 13.5 Å². The Hall–Kier alpha value is -2.26. The molecule has 1 N–H and O–H groups in total. The van der Waals surface area contributed by atoms with Crippen molar-refractivity contribution in [2.45, 2.75) is 57.5 Å². The van der Waals surface area contributed by atoms with Gasteiger partial charge in [0.2, 0.25) is 11.7 Å². The highest BCUT2D eigenvalue weighted by Crippen LogP contribution is 2.23. The summed E-state index contributed by atoms with van der Waals surface area (Å²) in [7, 11) is 1.25. The Bertz CT molecular complexity index is 532. The fourth-order valence-corrected chi connectivity index (χ4v) is 1.71. The van der Waals surface area contributed by atoms with Crippen molar-refractivity contribution in [1.29, 1.82) is 0 Å². The van der Waals surface area contributed by atoms with Crippen molar-refractivity contribution in [2.24, 2.45) is 0 Å². The standard InChI is InChI=1S/C14H20F3N3O5/c1-8(6-14(15,16)17)25-13(23)11(5-4-10(21)7-19-18)20-12(22)9(2)24-3/h7-9,11H,4-6H2,1-3H3,(H,20,22)/t8-,9+,11-/m0/s1. The molecule has 0 aliphatic rings. The second-order valence-electron chi connectivity index (χ2n) is 5.26. The number of Topliss-reactive ketones (excluding diaryl/α,β-unsaturated/α-hetero) is 1. The molecule has 142 valence electrons. The summed E-state index contributed by atoms with van der Waals surface area (Å²) < 4.78 is 46.3. The quantitative estimate of drug-likeness (QED) is 0.268. The monoisotopic (exact) mass is 367 g/mol. The number of hydrogen-bond acceptors (Lipinski definition) is 5. The largest absolute Gasteiger partial charge is 0.461 e. The number of rotatable bonds is 10. The minimum atomic E-state index is -4.52. The maximum absolute atomic E-state index is 12.3. The molecule has 8 nitrogen and oxygen atoms in total. The van der Waals surface area contributed by atoms with Gasteiger partial charge in [0.1, 0.15) is 18.2 Å². The average molecular weight is 367 g/mol. The van der Waals surface area contributed by atoms with Gasteiger partial charge in [-0.25, -0.2) is 4.79 Å². The molecule has 25 heavy (non-hydrogen) atoms. The Balaban J connectivity index is 4.95. The summed E-state index contributed by atoms with van der Waals surface area (Å²) in [6, 6.07) is -1.35. The molecule has 0 fully saturated rings. The van der Waals surface area contributed by atoms with Crippen molar-refractivity contribution in [2.75, 3.05) is 7.11 Å². The van der Waals surface area contributed by atoms with E-state index in [0.717, 1.165) is 6.92 Å². The van der Waals surface area contributed by atoms with Gasteiger partial charge in [0.15, 0.2) is 0 Å². The number of hydrogen-bond donors (Lipinski definition) is 1. The summed E-state index contributed by atoms with van der Waals surface area (Å²) in [5.74, 6) is -2.45. The first-order valence-electron chi connectivity index (χ1n) is 7.30. The van der Waals surface area contributed by atoms with Gasteiger partial charge in [-0.15, -0.1) is 0 Å². The second-order valence-corrected chi connectivity index (χ2v) is 5.26. The normalized spacial score (nSPS) is 14.6. The molecule has 0 aromatic heterocycles. The van der Waals surface area contributed by atoms with Crippen LogP contribution in [-0.2, 0) is 23.9 Å². The predicted molar refractivity (Wildman–Crippen MR) is 78.6 cm³/mol. The van der Waals surface area contributed by atoms with Gasteiger partial charge < -0.3 is 20.3 Å². The van der Waals surface area contributed by atoms with Crippen LogP contribution in [0.4, 0.5) is 13.2 Å². The Labute approximate surface area is 142 Å². The lowest BCUT2D eigenvalue weighted by atomic mass is 10.1. The molecule has 0 aromatic carbocycles. The van der Waals surface area contributed by atoms with Gasteiger partial charge in [0.05, 0.1) is 6.42 Å². The minimum Gasteiger partial charge on any atom is -0.461 e. The number of halogens is 3. The number of methoxy groups -OCH3 is 1. The molecule has 0 bridgehead atoms. The molecule has 1 amide bonds. The van der Waals surface area contributed by atoms with Gasteiger partial charge in [-0.2, -0.15) is 18.0 Å². The molecule has 0 saturated heterocycles. The van der Waals surface area contributed by atoms with E-state index in [1.165, 1.54) is 14.0 Å². The highest BCUT2D eigenvalue weighted by atomic mass is 19.4. The summed E-state index contributed by atoms with van der Waals surface area (Å²) in [4.78, 5) is 37.7. The zero-order valence-electron chi connectivity index (χ0n) is 14.0. The fraction of sp³-hybridized carbons (Fsp3) is 0.714. The number of nitrogens with one attached hydrogen (secondary N) is 1. The molecule has 0 aliphatic carbocycles. The van der Waals surface area contributed by atoms with Crippen molar-refractivity contribution in [1.82, 2.24) is 5.32 Å². The van der Waals surface area contributed by atoms with Gasteiger partial charge in [-0.1, -0.05) is 0 Å². The summed E-state index contributed by atoms with van der Waals surface area (Å²) in [5, 5.41) is 2.25. The zero-order chi connectivity index (χ0) is 19.6. The number of carbonyl (C=O) groups is 3. The third kappa shape index (κ3) is 10.3. The molecule has 0 aliphatic heterocycles. The topological polar surface area (TPSA) is 118 Å². The minimum absolute atomic E-state index is 0.245. The first kappa shape index (κ1) is 22.7. The number of alkyl halides is 3. The SMILES string of the molecule is CO[C@H](C)C(=O)N[C@@H](CCC(=O)C=[N+]=[N-])C(=O)O[C@@H](C)CC(F)(F)F. The molecular formula is C14H20F3N3O5. The van der Waals surface area contributed by atoms with Crippen molar-refractivity contribution in [3.05, 3.63) is 5.53 Å². The van der Waals surface area contributed by atoms with Gasteiger partial charge >= 0.3 is 18.4 Å². The molecule has 0 saturated carbocycles. The van der Waals surface area contributed by atoms with Crippen LogP contribution in [0.1, 0.15) is 33.1 Å². The Kier molecular flexibility index (Phi) is 9.62. The van der Waals surface area contributed by atoms with Crippen molar-refractivity contribution in [3.63, 3.8) is 0 Å². The molecule has 11 heteroatoms. The Morgan fingerprint density at radius 3 is 2.36 bits per heavy atom. The van der Waals surface area contributed by atoms with Crippen molar-refractivity contribution >= 4 is 23.9 Å². The highest BCUT2D eigenvalue weighted by Gasteiger charge is 2.33. The predicted octanol–water partition coefficient (Wildman–Crippen LogP) is 1.04. The first-order chi connectivity index (χ1) is 11.5. The molecule has 0 aromatic rings. The third-order valence-corrected chi connectivity index (χ3v) is 3.04. The van der Waals surface area contributed by atoms with Gasteiger partial charge in [-0.05, 0) is 20.3 Å². The van der Waals surface area contributed by atoms with E-state index in [2.05, 4.69) is 14.8 Å². The number of carbonyl (C=O) groups excluding carboxylic acids is 3. The number of ether oxygens (including phenoxy) is 2. The lowest BCUT2D eigenvalue weighted by Crippen LogP contribution is -2.47. The molecule has 0 unspecified atom stereocenters. The average Bonchev–Trinajstić information content (AvgIpc) is 2.48. The van der Waals surface area contributed by atoms with Crippen molar-refractivity contribution in [3.8, 4) is 0 Å². The van der Waals surface area contributed by atoms with Crippen LogP contribution in [0.2, 0.25) is 0 Å². The van der Waals surface area contributed by atoms with Crippen LogP contribution in [0.25, 0.3) is 5.53 Å². The number of esters is 1. The molecule has 0 radical (unpaired) electrons. The number of ketones is 1. The fourth-order valence-electron chi connectivity index (χ4n) is 1.71. The van der Waals surface area contributed by atoms with Crippen LogP contribution in [0.3, 0.4) is 0 Å². The summed E-state index contributed by atoms with van der Waals surface area (Å²) in [6.07, 6.45) is -8.17. The van der Waals surface area contributed by atoms with E-state index in [1.54, 1.807) is 0 Å². The Morgan fingerprint density at radius 1 is 1.28 bits per heavy atom. The van der Waals surface area contributed by atoms with E-state index >= 15 is 0 Å². The van der Waals surface area contributed by atoms with Crippen LogP contribution in [0.5, 0.6) is 0 Å². The lowest BCUT2D eigenvalue weighted by Gasteiger charge is -2.22. The lowest BCUT2D eigenvalue weighted by molar-refractivity contribution is -0.172. The number of amides is 1. The van der Waals surface area contributed by atoms with Gasteiger partial charge in [-0.3, -0.25) is 9.59 Å². The smallest absolute Gasteiger partial charge is 0.392 e. The molecule has 0 spiro atoms. The van der Waals surface area contributed by atoms with E-state index in [9.17, 15) is 27.6 Å². The summed E-state index contributed by atoms with van der Waals surface area (Å²) >= 11 is 0. The van der Waals surface area contributed by atoms with Crippen LogP contribution >= 0.6 is 0 Å². The maximum Gasteiger partial charge on any atom is 0.392 e. The van der Waals surface area contributed by atoms with E-state index in [-0.39, 0.29) is 12.8 Å². The van der Waals surface area contributed by atoms with Crippen LogP contribution in [0, 0.1) is 0 Å². The number of nitrogens with zero attached hydrogens (tertiary/aromatic N) is 2. The van der Waals surface area contributed by atoms with Crippen molar-refractivity contribution < 1.29 is 41.8 Å². The molecule has 3 atom stereocenters. The molecule has 0 heterocycles. The van der Waals surface area contributed by atoms with E-state index in [0.29, 0.717) is 6.21 Å². The summed E-state index contributed by atoms with van der Waals surface area (Å²) in [6.45, 7) is 2.46. The highest BCUT2D eigenvalue weighted by molar-refractivity contribution is 6.25. The molecule has 0 rings (SSSR count). The second kappa shape index (κ2) is 10.6. The van der Waals surface area contributed by atoms with Crippen LogP contribution in [-0.4, -0.2) is 60.2 Å². The maximum atomic E-state index is 12.3. The zero-order valence-corrected chi connectivity index (χ0v) is 14.0. The van der Waals surface area contributed by atoms with Crippen LogP contribution in [0.15, 0.2) is 0 Å². The van der Waals surface area contributed by atoms with E-state index < -0.39 is 48.5 Å². The third-order valence-electron chi connectivity index (χ3n) is 3.04. The van der Waals surface area contributed by atoms with E-state index in [4.69, 9.17) is 10.3 Å². The molecular weight excluding hydrogens is 347 g/mol. The van der Waals surface area contributed by atoms with E-state index in [1.807, 2.05) is 0 Å². The van der Waals surface area contributed by atoms with Crippen LogP contribution < -0.4 is 5.32 Å². The Morgan fingerprint density at radius 2 is 1.88 bits per heavy atom. The van der Waals surface area contributed by atoms with Gasteiger partial charge in [0.25, 0.3) is 0 Å².